The first-order valence-corrected chi connectivity index (χ1v) is 50.4. The molecule has 776 valence electrons. The maximum Gasteiger partial charge on any atom is 0.410 e. The van der Waals surface area contributed by atoms with E-state index in [-0.39, 0.29) is 98.1 Å². The van der Waals surface area contributed by atoms with Crippen molar-refractivity contribution in [2.45, 2.75) is 149 Å². The molecule has 5 atom stereocenters. The summed E-state index contributed by atoms with van der Waals surface area (Å²) in [6.45, 7) is 19.6. The number of urea groups is 1. The lowest BCUT2D eigenvalue weighted by Gasteiger charge is -2.69. The molecule has 9 N–H and O–H groups in total. The Morgan fingerprint density at radius 1 is 0.662 bits per heavy atom. The fourth-order valence-electron chi connectivity index (χ4n) is 20.0. The average molecular weight is 2020 g/mol. The first kappa shape index (κ1) is 110. The highest BCUT2D eigenvalue weighted by molar-refractivity contribution is 7.85. The van der Waals surface area contributed by atoms with E-state index in [2.05, 4.69) is 45.1 Å². The molecule has 0 radical (unpaired) electrons. The number of benzene rings is 3. The predicted octanol–water partition coefficient (Wildman–Crippen LogP) is 7.29. The van der Waals surface area contributed by atoms with Gasteiger partial charge in [0.15, 0.2) is 10.8 Å². The number of hydrogen-bond donors (Lipinski definition) is 7. The number of pyridine rings is 1. The molecule has 4 bridgehead atoms. The van der Waals surface area contributed by atoms with E-state index in [9.17, 15) is 56.4 Å². The van der Waals surface area contributed by atoms with Crippen LogP contribution >= 0.6 is 11.3 Å². The van der Waals surface area contributed by atoms with Gasteiger partial charge in [0.2, 0.25) is 11.8 Å². The second-order valence-corrected chi connectivity index (χ2v) is 39.6. The van der Waals surface area contributed by atoms with Crippen LogP contribution in [-0.2, 0) is 133 Å². The topological polar surface area (TPSA) is 533 Å². The van der Waals surface area contributed by atoms with Crippen LogP contribution in [0.3, 0.4) is 0 Å². The molecule has 0 saturated heterocycles. The van der Waals surface area contributed by atoms with E-state index in [1.54, 1.807) is 39.3 Å². The van der Waals surface area contributed by atoms with Crippen LogP contribution in [0, 0.1) is 29.1 Å². The summed E-state index contributed by atoms with van der Waals surface area (Å²) in [7, 11) is -2.98. The van der Waals surface area contributed by atoms with E-state index in [1.807, 2.05) is 59.0 Å². The van der Waals surface area contributed by atoms with Gasteiger partial charge in [-0.2, -0.15) is 13.5 Å². The van der Waals surface area contributed by atoms with E-state index < -0.39 is 113 Å². The number of anilines is 3. The second-order valence-electron chi connectivity index (χ2n) is 37.0. The van der Waals surface area contributed by atoms with Crippen LogP contribution in [0.25, 0.3) is 21.3 Å². The minimum atomic E-state index is -4.60. The van der Waals surface area contributed by atoms with Gasteiger partial charge in [-0.3, -0.25) is 53.1 Å². The fraction of sp³-hybridized carbons (Fsp3) is 0.588. The van der Waals surface area contributed by atoms with Crippen molar-refractivity contribution in [3.8, 4) is 11.1 Å². The van der Waals surface area contributed by atoms with Crippen LogP contribution in [0.5, 0.6) is 0 Å². The van der Waals surface area contributed by atoms with Gasteiger partial charge in [0.05, 0.1) is 212 Å². The number of fused-ring (bicyclic) bond motifs is 2. The summed E-state index contributed by atoms with van der Waals surface area (Å²) in [5.41, 5.74) is 15.4. The molecule has 45 heteroatoms. The molecule has 6 aliphatic rings. The number of nitrogens with one attached hydrogen (secondary N) is 3. The van der Waals surface area contributed by atoms with Crippen molar-refractivity contribution in [1.29, 1.82) is 0 Å². The molecule has 0 spiro atoms. The molecule has 4 fully saturated rings. The number of nitrogens with two attached hydrogens (primary N) is 2. The minimum absolute atomic E-state index is 0.0135. The summed E-state index contributed by atoms with van der Waals surface area (Å²) in [4.78, 5) is 138. The lowest BCUT2D eigenvalue weighted by molar-refractivity contribution is -0.248. The highest BCUT2D eigenvalue weighted by Gasteiger charge is 2.66. The van der Waals surface area contributed by atoms with E-state index in [0.29, 0.717) is 211 Å². The molecule has 2 unspecified atom stereocenters. The monoisotopic (exact) mass is 2020 g/mol. The zero-order valence-corrected chi connectivity index (χ0v) is 83.2. The molecule has 13 rings (SSSR count). The number of primary amides is 2. The first-order valence-electron chi connectivity index (χ1n) is 48.0. The number of nitrogens with zero attached hydrogens (tertiary/aromatic N) is 11. The quantitative estimate of drug-likeness (QED) is 0.0112. The summed E-state index contributed by atoms with van der Waals surface area (Å²) >= 11 is 1.39. The standard InChI is InChI=1S/C97H134N16O27S2/c1-67(2)85(104-82(114)55-79(113-83(115)22-23-84(113)116)77-58-110(107-106-77)28-30-128-34-35-130-38-39-132-42-43-134-46-47-136-50-51-138-53-52-137-49-48-135-45-44-133-41-40-131-37-36-129-33-32-127-6)89(119)112(78(87(98)117)14-10-25-100-91(99)122)71-18-16-69(17-19-71)59-139-93(123)108(29-54-142(124,125)126)27-31-140-97-63-94(4)60-95(5,64-97)62-96(61-94,65-97)66-111-68(3)74(56-101-111)72-20-21-81(103-86(72)90(120)121)109-26-24-70-11-9-12-73(75(70)57-109)88(118)105-92-102-76-13-7-8-15-80(76)141-92/h7-9,11-13,15-23,56,58,67,78-79,85H,10,14,24-55,57,59-66H2,1-6H3,(H2,98,117)(H,104,114)(H,120,121)(H3,99,100,122)(H,102,105,118)(H,124,125,126)/t78-,79+,85-,94?,95?,96?,97?/m0/s1. The summed E-state index contributed by atoms with van der Waals surface area (Å²) < 4.78 is 118. The van der Waals surface area contributed by atoms with Crippen LogP contribution in [0.4, 0.5) is 26.2 Å². The molecule has 4 saturated carbocycles. The van der Waals surface area contributed by atoms with Crippen molar-refractivity contribution in [3.05, 3.63) is 143 Å². The fourth-order valence-corrected chi connectivity index (χ4v) is 21.3. The van der Waals surface area contributed by atoms with Crippen LogP contribution in [0.1, 0.15) is 140 Å². The Hall–Kier alpha value is -11.0. The van der Waals surface area contributed by atoms with E-state index in [1.165, 1.54) is 46.5 Å². The number of rotatable bonds is 66. The maximum atomic E-state index is 15.3. The van der Waals surface area contributed by atoms with Crippen molar-refractivity contribution >= 4 is 102 Å². The van der Waals surface area contributed by atoms with Gasteiger partial charge in [0.1, 0.15) is 30.2 Å². The second kappa shape index (κ2) is 53.6. The third-order valence-corrected chi connectivity index (χ3v) is 27.0. The number of ether oxygens (including phenoxy) is 14. The molecule has 142 heavy (non-hydrogen) atoms. The lowest BCUT2D eigenvalue weighted by Crippen LogP contribution is -2.64. The Bertz CT molecular complexity index is 5440. The molecule has 2 aliphatic heterocycles. The molecule has 3 aromatic carbocycles. The minimum Gasteiger partial charge on any atom is -0.476 e. The Morgan fingerprint density at radius 3 is 1.80 bits per heavy atom. The normalized spacial score (nSPS) is 18.7. The van der Waals surface area contributed by atoms with E-state index >= 15 is 4.79 Å². The number of amides is 9. The number of para-hydroxylation sites is 1. The van der Waals surface area contributed by atoms with Crippen molar-refractivity contribution in [2.24, 2.45) is 33.6 Å². The van der Waals surface area contributed by atoms with Gasteiger partial charge in [-0.25, -0.2) is 29.0 Å². The van der Waals surface area contributed by atoms with Gasteiger partial charge in [0, 0.05) is 86.6 Å². The third kappa shape index (κ3) is 32.3. The van der Waals surface area contributed by atoms with E-state index in [0.717, 1.165) is 73.2 Å². The van der Waals surface area contributed by atoms with Gasteiger partial charge >= 0.3 is 18.1 Å². The Balaban J connectivity index is 0.592. The van der Waals surface area contributed by atoms with Crippen LogP contribution in [-0.4, -0.2) is 331 Å². The zero-order chi connectivity index (χ0) is 101. The lowest BCUT2D eigenvalue weighted by atomic mass is 9.39. The molecule has 6 heterocycles. The van der Waals surface area contributed by atoms with Crippen molar-refractivity contribution < 1.29 is 128 Å². The molecule has 43 nitrogen and oxygen atoms in total. The molecule has 9 amide bonds. The van der Waals surface area contributed by atoms with Crippen LogP contribution in [0.2, 0.25) is 0 Å². The highest BCUT2D eigenvalue weighted by Crippen LogP contribution is 2.72. The van der Waals surface area contributed by atoms with E-state index in [4.69, 9.17) is 87.9 Å². The predicted molar refractivity (Wildman–Crippen MR) is 519 cm³/mol. The summed E-state index contributed by atoms with van der Waals surface area (Å²) in [5.74, 6) is -6.60. The van der Waals surface area contributed by atoms with Crippen LogP contribution < -0.4 is 37.2 Å². The number of carbonyl (C=O) groups is 9. The van der Waals surface area contributed by atoms with Crippen molar-refractivity contribution in [1.82, 2.24) is 55.2 Å². The first-order chi connectivity index (χ1) is 68.3. The van der Waals surface area contributed by atoms with Gasteiger partial charge in [-0.15, -0.1) is 5.10 Å². The van der Waals surface area contributed by atoms with Gasteiger partial charge in [-0.05, 0) is 146 Å². The third-order valence-electron chi connectivity index (χ3n) is 25.3. The SMILES string of the molecule is COCCOCCOCCOCCOCCOCCOCCOCCOCCOCCOCCOCCn1cc([C@@H](CC(=O)N[C@H](C(=O)N(c2ccc(COC(=O)N(CCOC34CC5(C)CC(C)(CC(Cn6ncc(-c7ccc(N8CCc9cccc(C(=O)Nc%10nc%11ccccc%11s%10)c9C8)nc7C(=O)O)c6C)(C5)C3)C4)CCS(=O)(=O)O)cc2)[C@@H](CCCNC(N)=O)C(N)=O)C(C)C)N2C(=O)C=CC2=O)nn1. The smallest absolute Gasteiger partial charge is 0.410 e. The van der Waals surface area contributed by atoms with Crippen molar-refractivity contribution in [3.63, 3.8) is 0 Å². The summed E-state index contributed by atoms with van der Waals surface area (Å²) in [6, 6.07) is 17.9. The molecule has 4 aromatic heterocycles. The Kier molecular flexibility index (Phi) is 41.4. The van der Waals surface area contributed by atoms with Gasteiger partial charge < -0.3 is 103 Å². The van der Waals surface area contributed by atoms with Gasteiger partial charge in [-0.1, -0.05) is 80.6 Å². The Labute approximate surface area is 829 Å². The molecule has 4 aliphatic carbocycles. The Morgan fingerprint density at radius 2 is 1.25 bits per heavy atom. The number of carbonyl (C=O) groups excluding carboxylic acids is 8. The number of hydrogen-bond acceptors (Lipinski definition) is 32. The largest absolute Gasteiger partial charge is 0.476 e. The maximum absolute atomic E-state index is 15.3. The number of thiazole rings is 1. The number of aromatic nitrogens is 7. The van der Waals surface area contributed by atoms with Crippen molar-refractivity contribution in [2.75, 3.05) is 213 Å². The number of imide groups is 1. The molecule has 7 aromatic rings. The molecular formula is C97H134N16O27S2. The number of carboxylic acids is 1. The average Bonchev–Trinajstić information content (AvgIpc) is 0.815. The van der Waals surface area contributed by atoms with Crippen LogP contribution in [0.15, 0.2) is 103 Å². The highest BCUT2D eigenvalue weighted by atomic mass is 32.2. The number of carboxylic acid groups (broad SMARTS) is 1. The summed E-state index contributed by atoms with van der Waals surface area (Å²) in [6.07, 6.45) is 9.02. The molecular weight excluding hydrogens is 1890 g/mol. The zero-order valence-electron chi connectivity index (χ0n) is 81.5. The van der Waals surface area contributed by atoms with Gasteiger partial charge in [0.25, 0.3) is 33.7 Å². The number of methoxy groups -OCH3 is 1. The number of aromatic carboxylic acids is 1. The summed E-state index contributed by atoms with van der Waals surface area (Å²) in [5, 5.41) is 32.9.